The number of rotatable bonds is 7. The Labute approximate surface area is 133 Å². The van der Waals surface area contributed by atoms with Crippen molar-refractivity contribution < 1.29 is 9.90 Å². The summed E-state index contributed by atoms with van der Waals surface area (Å²) in [4.78, 5) is 13.9. The molecule has 0 saturated heterocycles. The van der Waals surface area contributed by atoms with E-state index < -0.39 is 5.60 Å². The molecular formula is C18H28N2O2. The first-order valence-corrected chi connectivity index (χ1v) is 8.24. The fraction of sp³-hybridized carbons (Fsp3) is 0.611. The van der Waals surface area contributed by atoms with Crippen LogP contribution in [0.1, 0.15) is 44.1 Å². The van der Waals surface area contributed by atoms with Crippen LogP contribution in [0.5, 0.6) is 0 Å². The van der Waals surface area contributed by atoms with Crippen molar-refractivity contribution >= 4 is 11.6 Å². The number of carbonyl (C=O) groups is 1. The number of nitrogens with zero attached hydrogens (tertiary/aromatic N) is 1. The Bertz CT molecular complexity index is 476. The van der Waals surface area contributed by atoms with Crippen molar-refractivity contribution in [2.75, 3.05) is 25.5 Å². The van der Waals surface area contributed by atoms with Crippen molar-refractivity contribution in [3.05, 3.63) is 29.8 Å². The van der Waals surface area contributed by atoms with E-state index in [0.29, 0.717) is 6.54 Å². The third-order valence-corrected chi connectivity index (χ3v) is 4.44. The van der Waals surface area contributed by atoms with Crippen LogP contribution in [0, 0.1) is 0 Å². The van der Waals surface area contributed by atoms with Gasteiger partial charge in [-0.1, -0.05) is 25.0 Å². The van der Waals surface area contributed by atoms with E-state index in [9.17, 15) is 9.90 Å². The summed E-state index contributed by atoms with van der Waals surface area (Å²) < 4.78 is 0. The molecule has 0 radical (unpaired) electrons. The van der Waals surface area contributed by atoms with Gasteiger partial charge >= 0.3 is 0 Å². The first-order valence-electron chi connectivity index (χ1n) is 8.24. The van der Waals surface area contributed by atoms with Gasteiger partial charge in [0.1, 0.15) is 0 Å². The van der Waals surface area contributed by atoms with Crippen molar-refractivity contribution in [3.63, 3.8) is 0 Å². The number of benzene rings is 1. The van der Waals surface area contributed by atoms with Crippen LogP contribution in [0.15, 0.2) is 24.3 Å². The molecule has 1 saturated carbocycles. The SMILES string of the molecule is CN(C)c1ccc(CCCNC(=O)CC2(O)CCCC2)cc1. The van der Waals surface area contributed by atoms with Crippen LogP contribution in [0.4, 0.5) is 5.69 Å². The van der Waals surface area contributed by atoms with Crippen molar-refractivity contribution in [1.29, 1.82) is 0 Å². The third kappa shape index (κ3) is 5.02. The molecule has 4 nitrogen and oxygen atoms in total. The van der Waals surface area contributed by atoms with Gasteiger partial charge in [-0.15, -0.1) is 0 Å². The highest BCUT2D eigenvalue weighted by Gasteiger charge is 2.33. The van der Waals surface area contributed by atoms with Crippen LogP contribution >= 0.6 is 0 Å². The van der Waals surface area contributed by atoms with Crippen molar-refractivity contribution in [1.82, 2.24) is 5.32 Å². The molecule has 1 aromatic rings. The minimum atomic E-state index is -0.744. The van der Waals surface area contributed by atoms with E-state index in [1.165, 1.54) is 11.3 Å². The van der Waals surface area contributed by atoms with Crippen molar-refractivity contribution in [2.45, 2.75) is 50.5 Å². The second-order valence-electron chi connectivity index (χ2n) is 6.62. The number of amides is 1. The topological polar surface area (TPSA) is 52.6 Å². The predicted octanol–water partition coefficient (Wildman–Crippen LogP) is 2.50. The second kappa shape index (κ2) is 7.63. The summed E-state index contributed by atoms with van der Waals surface area (Å²) in [6, 6.07) is 8.50. The van der Waals surface area contributed by atoms with E-state index >= 15 is 0 Å². The van der Waals surface area contributed by atoms with E-state index in [2.05, 4.69) is 34.5 Å². The van der Waals surface area contributed by atoms with Gasteiger partial charge in [0.25, 0.3) is 0 Å². The minimum absolute atomic E-state index is 0.0210. The Balaban J connectivity index is 1.65. The average molecular weight is 304 g/mol. The quantitative estimate of drug-likeness (QED) is 0.761. The van der Waals surface area contributed by atoms with Gasteiger partial charge < -0.3 is 15.3 Å². The molecule has 2 N–H and O–H groups in total. The highest BCUT2D eigenvalue weighted by molar-refractivity contribution is 5.77. The molecule has 0 unspecified atom stereocenters. The first-order chi connectivity index (χ1) is 10.5. The molecule has 0 heterocycles. The smallest absolute Gasteiger partial charge is 0.222 e. The molecule has 2 rings (SSSR count). The number of nitrogens with one attached hydrogen (secondary N) is 1. The molecule has 122 valence electrons. The molecule has 0 spiro atoms. The maximum atomic E-state index is 11.9. The van der Waals surface area contributed by atoms with Crippen LogP contribution < -0.4 is 10.2 Å². The summed E-state index contributed by atoms with van der Waals surface area (Å²) >= 11 is 0. The molecule has 1 aliphatic carbocycles. The van der Waals surface area contributed by atoms with Crippen LogP contribution in [-0.4, -0.2) is 37.3 Å². The van der Waals surface area contributed by atoms with Crippen molar-refractivity contribution in [2.24, 2.45) is 0 Å². The number of hydrogen-bond donors (Lipinski definition) is 2. The zero-order valence-corrected chi connectivity index (χ0v) is 13.8. The molecule has 1 aliphatic rings. The molecule has 0 aliphatic heterocycles. The number of hydrogen-bond acceptors (Lipinski definition) is 3. The summed E-state index contributed by atoms with van der Waals surface area (Å²) in [5.74, 6) is -0.0210. The van der Waals surface area contributed by atoms with Gasteiger partial charge in [0.05, 0.1) is 12.0 Å². The molecule has 0 atom stereocenters. The van der Waals surface area contributed by atoms with E-state index in [1.807, 2.05) is 14.1 Å². The fourth-order valence-corrected chi connectivity index (χ4v) is 3.05. The summed E-state index contributed by atoms with van der Waals surface area (Å²) in [5, 5.41) is 13.1. The number of carbonyl (C=O) groups excluding carboxylic acids is 1. The maximum absolute atomic E-state index is 11.9. The lowest BCUT2D eigenvalue weighted by atomic mass is 9.97. The number of anilines is 1. The molecule has 22 heavy (non-hydrogen) atoms. The van der Waals surface area contributed by atoms with Gasteiger partial charge in [0, 0.05) is 26.3 Å². The maximum Gasteiger partial charge on any atom is 0.222 e. The lowest BCUT2D eigenvalue weighted by Gasteiger charge is -2.21. The van der Waals surface area contributed by atoms with E-state index in [1.54, 1.807) is 0 Å². The Hall–Kier alpha value is -1.55. The second-order valence-corrected chi connectivity index (χ2v) is 6.62. The molecule has 1 amide bonds. The average Bonchev–Trinajstić information content (AvgIpc) is 2.90. The summed E-state index contributed by atoms with van der Waals surface area (Å²) in [6.07, 6.45) is 5.73. The summed E-state index contributed by atoms with van der Waals surface area (Å²) in [5.41, 5.74) is 1.74. The van der Waals surface area contributed by atoms with Gasteiger partial charge in [-0.05, 0) is 43.4 Å². The molecule has 1 fully saturated rings. The Morgan fingerprint density at radius 3 is 2.45 bits per heavy atom. The largest absolute Gasteiger partial charge is 0.389 e. The molecule has 4 heteroatoms. The normalized spacial score (nSPS) is 16.5. The number of aryl methyl sites for hydroxylation is 1. The van der Waals surface area contributed by atoms with Crippen LogP contribution in [0.2, 0.25) is 0 Å². The van der Waals surface area contributed by atoms with Gasteiger partial charge in [-0.2, -0.15) is 0 Å². The summed E-state index contributed by atoms with van der Waals surface area (Å²) in [6.45, 7) is 0.671. The summed E-state index contributed by atoms with van der Waals surface area (Å²) in [7, 11) is 4.06. The van der Waals surface area contributed by atoms with E-state index in [-0.39, 0.29) is 12.3 Å². The molecule has 1 aromatic carbocycles. The highest BCUT2D eigenvalue weighted by Crippen LogP contribution is 2.32. The number of aliphatic hydroxyl groups is 1. The Morgan fingerprint density at radius 2 is 1.86 bits per heavy atom. The van der Waals surface area contributed by atoms with Gasteiger partial charge in [-0.3, -0.25) is 4.79 Å². The van der Waals surface area contributed by atoms with E-state index in [0.717, 1.165) is 38.5 Å². The molecule has 0 aromatic heterocycles. The van der Waals surface area contributed by atoms with Gasteiger partial charge in [0.15, 0.2) is 0 Å². The van der Waals surface area contributed by atoms with Crippen LogP contribution in [0.3, 0.4) is 0 Å². The van der Waals surface area contributed by atoms with Crippen molar-refractivity contribution in [3.8, 4) is 0 Å². The lowest BCUT2D eigenvalue weighted by molar-refractivity contribution is -0.125. The highest BCUT2D eigenvalue weighted by atomic mass is 16.3. The predicted molar refractivity (Wildman–Crippen MR) is 90.1 cm³/mol. The van der Waals surface area contributed by atoms with Crippen LogP contribution in [-0.2, 0) is 11.2 Å². The standard InChI is InChI=1S/C18H28N2O2/c1-20(2)16-9-7-15(8-10-16)6-5-13-19-17(21)14-18(22)11-3-4-12-18/h7-10,22H,3-6,11-14H2,1-2H3,(H,19,21). The Morgan fingerprint density at radius 1 is 1.23 bits per heavy atom. The monoisotopic (exact) mass is 304 g/mol. The third-order valence-electron chi connectivity index (χ3n) is 4.44. The van der Waals surface area contributed by atoms with Gasteiger partial charge in [0.2, 0.25) is 5.91 Å². The fourth-order valence-electron chi connectivity index (χ4n) is 3.05. The Kier molecular flexibility index (Phi) is 5.83. The first kappa shape index (κ1) is 16.8. The lowest BCUT2D eigenvalue weighted by Crippen LogP contribution is -2.35. The molecule has 0 bridgehead atoms. The molecular weight excluding hydrogens is 276 g/mol. The van der Waals surface area contributed by atoms with Gasteiger partial charge in [-0.25, -0.2) is 0 Å². The minimum Gasteiger partial charge on any atom is -0.389 e. The van der Waals surface area contributed by atoms with Crippen LogP contribution in [0.25, 0.3) is 0 Å². The van der Waals surface area contributed by atoms with E-state index in [4.69, 9.17) is 0 Å². The zero-order chi connectivity index (χ0) is 16.0. The zero-order valence-electron chi connectivity index (χ0n) is 13.8.